The highest BCUT2D eigenvalue weighted by atomic mass is 35.5. The number of carboxylic acid groups (broad SMARTS) is 1. The summed E-state index contributed by atoms with van der Waals surface area (Å²) in [5.41, 5.74) is 0.372. The monoisotopic (exact) mass is 303 g/mol. The Kier molecular flexibility index (Phi) is 3.45. The lowest BCUT2D eigenvalue weighted by Gasteiger charge is -2.04. The molecule has 106 valence electrons. The molecule has 1 aromatic carbocycles. The van der Waals surface area contributed by atoms with Gasteiger partial charge in [0.2, 0.25) is 0 Å². The van der Waals surface area contributed by atoms with Gasteiger partial charge in [0.15, 0.2) is 11.5 Å². The Labute approximate surface area is 124 Å². The topological polar surface area (TPSA) is 76.7 Å². The molecule has 0 unspecified atom stereocenters. The highest BCUT2D eigenvalue weighted by Crippen LogP contribution is 2.23. The number of carbonyl (C=O) groups is 1. The van der Waals surface area contributed by atoms with Gasteiger partial charge in [-0.25, -0.2) is 14.3 Å². The van der Waals surface area contributed by atoms with E-state index in [-0.39, 0.29) is 17.8 Å². The first-order valence-corrected chi connectivity index (χ1v) is 6.48. The lowest BCUT2D eigenvalue weighted by Crippen LogP contribution is -2.00. The number of aromatic nitrogens is 3. The molecule has 0 aliphatic rings. The molecular weight excluding hydrogens is 294 g/mol. The van der Waals surface area contributed by atoms with E-state index in [9.17, 15) is 4.79 Å². The molecule has 2 aromatic heterocycles. The van der Waals surface area contributed by atoms with Crippen LogP contribution in [0.15, 0.2) is 42.6 Å². The Morgan fingerprint density at radius 2 is 2.10 bits per heavy atom. The van der Waals surface area contributed by atoms with E-state index < -0.39 is 5.97 Å². The molecule has 0 aliphatic carbocycles. The average Bonchev–Trinajstić information content (AvgIpc) is 2.88. The largest absolute Gasteiger partial charge is 0.484 e. The molecular formula is C14H10ClN3O3. The first kappa shape index (κ1) is 13.4. The zero-order valence-electron chi connectivity index (χ0n) is 10.7. The van der Waals surface area contributed by atoms with Crippen LogP contribution in [0.3, 0.4) is 0 Å². The van der Waals surface area contributed by atoms with Gasteiger partial charge in [-0.15, -0.1) is 5.10 Å². The second-order valence-corrected chi connectivity index (χ2v) is 4.65. The predicted octanol–water partition coefficient (Wildman–Crippen LogP) is 2.66. The molecule has 0 radical (unpaired) electrons. The van der Waals surface area contributed by atoms with Crippen LogP contribution in [-0.4, -0.2) is 25.7 Å². The van der Waals surface area contributed by atoms with E-state index >= 15 is 0 Å². The Hall–Kier alpha value is -2.60. The van der Waals surface area contributed by atoms with Crippen LogP contribution in [0.2, 0.25) is 5.02 Å². The summed E-state index contributed by atoms with van der Waals surface area (Å²) in [5.74, 6) is -0.147. The Morgan fingerprint density at radius 3 is 2.86 bits per heavy atom. The van der Waals surface area contributed by atoms with Crippen molar-refractivity contribution in [3.05, 3.63) is 59.0 Å². The molecule has 0 bridgehead atoms. The minimum absolute atomic E-state index is 0.0917. The van der Waals surface area contributed by atoms with Crippen LogP contribution >= 0.6 is 11.6 Å². The number of carboxylic acids is 1. The maximum absolute atomic E-state index is 11.1. The molecule has 7 heteroatoms. The lowest BCUT2D eigenvalue weighted by molar-refractivity contribution is 0.0698. The molecule has 0 saturated heterocycles. The predicted molar refractivity (Wildman–Crippen MR) is 75.7 cm³/mol. The number of benzene rings is 1. The molecule has 0 fully saturated rings. The molecule has 0 atom stereocenters. The number of pyridine rings is 1. The van der Waals surface area contributed by atoms with Crippen LogP contribution in [0.25, 0.3) is 5.65 Å². The Bertz CT molecular complexity index is 816. The number of aromatic carboxylic acids is 1. The standard InChI is InChI=1S/C14H10ClN3O3/c15-10-5-1-2-6-11(10)21-8-12-16-13-9(14(19)20)4-3-7-18(13)17-12/h1-7H,8H2,(H,19,20). The fourth-order valence-electron chi connectivity index (χ4n) is 1.88. The number of halogens is 1. The van der Waals surface area contributed by atoms with Crippen LogP contribution in [-0.2, 0) is 6.61 Å². The maximum atomic E-state index is 11.1. The summed E-state index contributed by atoms with van der Waals surface area (Å²) in [7, 11) is 0. The highest BCUT2D eigenvalue weighted by molar-refractivity contribution is 6.32. The van der Waals surface area contributed by atoms with Crippen molar-refractivity contribution in [2.45, 2.75) is 6.61 Å². The van der Waals surface area contributed by atoms with Gasteiger partial charge in [-0.05, 0) is 24.3 Å². The van der Waals surface area contributed by atoms with Crippen LogP contribution < -0.4 is 4.74 Å². The van der Waals surface area contributed by atoms with E-state index in [4.69, 9.17) is 21.4 Å². The molecule has 0 saturated carbocycles. The van der Waals surface area contributed by atoms with Crippen LogP contribution in [0.5, 0.6) is 5.75 Å². The van der Waals surface area contributed by atoms with E-state index in [1.807, 2.05) is 0 Å². The number of nitrogens with zero attached hydrogens (tertiary/aromatic N) is 3. The zero-order chi connectivity index (χ0) is 14.8. The Morgan fingerprint density at radius 1 is 1.29 bits per heavy atom. The van der Waals surface area contributed by atoms with Crippen molar-refractivity contribution in [2.75, 3.05) is 0 Å². The lowest BCUT2D eigenvalue weighted by atomic mass is 10.3. The number of hydrogen-bond acceptors (Lipinski definition) is 4. The molecule has 21 heavy (non-hydrogen) atoms. The van der Waals surface area contributed by atoms with Crippen molar-refractivity contribution in [3.63, 3.8) is 0 Å². The van der Waals surface area contributed by atoms with Gasteiger partial charge < -0.3 is 9.84 Å². The van der Waals surface area contributed by atoms with E-state index in [1.165, 1.54) is 10.6 Å². The van der Waals surface area contributed by atoms with Gasteiger partial charge in [0.05, 0.1) is 5.02 Å². The summed E-state index contributed by atoms with van der Waals surface area (Å²) in [5, 5.41) is 13.8. The summed E-state index contributed by atoms with van der Waals surface area (Å²) in [6.07, 6.45) is 1.63. The number of para-hydroxylation sites is 1. The fraction of sp³-hybridized carbons (Fsp3) is 0.0714. The molecule has 0 amide bonds. The maximum Gasteiger partial charge on any atom is 0.339 e. The van der Waals surface area contributed by atoms with Gasteiger partial charge >= 0.3 is 5.97 Å². The summed E-state index contributed by atoms with van der Waals surface area (Å²) in [4.78, 5) is 15.3. The summed E-state index contributed by atoms with van der Waals surface area (Å²) in [6, 6.07) is 10.1. The van der Waals surface area contributed by atoms with E-state index in [2.05, 4.69) is 10.1 Å². The average molecular weight is 304 g/mol. The van der Waals surface area contributed by atoms with Gasteiger partial charge in [-0.1, -0.05) is 23.7 Å². The molecule has 6 nitrogen and oxygen atoms in total. The van der Waals surface area contributed by atoms with E-state index in [0.717, 1.165) is 0 Å². The summed E-state index contributed by atoms with van der Waals surface area (Å²) in [6.45, 7) is 0.102. The SMILES string of the molecule is O=C(O)c1cccn2nc(COc3ccccc3Cl)nc12. The second-order valence-electron chi connectivity index (χ2n) is 4.24. The van der Waals surface area contributed by atoms with Gasteiger partial charge in [-0.2, -0.15) is 0 Å². The van der Waals surface area contributed by atoms with Crippen LogP contribution in [0.4, 0.5) is 0 Å². The van der Waals surface area contributed by atoms with Crippen LogP contribution in [0.1, 0.15) is 16.2 Å². The van der Waals surface area contributed by atoms with Gasteiger partial charge in [0.1, 0.15) is 17.9 Å². The quantitative estimate of drug-likeness (QED) is 0.802. The van der Waals surface area contributed by atoms with E-state index in [1.54, 1.807) is 36.5 Å². The number of ether oxygens (including phenoxy) is 1. The van der Waals surface area contributed by atoms with Crippen molar-refractivity contribution in [1.29, 1.82) is 0 Å². The number of hydrogen-bond donors (Lipinski definition) is 1. The first-order chi connectivity index (χ1) is 10.1. The first-order valence-electron chi connectivity index (χ1n) is 6.10. The normalized spacial score (nSPS) is 10.7. The van der Waals surface area contributed by atoms with E-state index in [0.29, 0.717) is 16.6 Å². The molecule has 1 N–H and O–H groups in total. The molecule has 0 aliphatic heterocycles. The third-order valence-electron chi connectivity index (χ3n) is 2.83. The van der Waals surface area contributed by atoms with Crippen LogP contribution in [0, 0.1) is 0 Å². The van der Waals surface area contributed by atoms with Gasteiger partial charge in [0, 0.05) is 6.20 Å². The van der Waals surface area contributed by atoms with Crippen molar-refractivity contribution in [2.24, 2.45) is 0 Å². The molecule has 3 aromatic rings. The van der Waals surface area contributed by atoms with Gasteiger partial charge in [-0.3, -0.25) is 0 Å². The van der Waals surface area contributed by atoms with Crippen molar-refractivity contribution in [3.8, 4) is 5.75 Å². The molecule has 3 rings (SSSR count). The van der Waals surface area contributed by atoms with Crippen molar-refractivity contribution < 1.29 is 14.6 Å². The minimum Gasteiger partial charge on any atom is -0.484 e. The Balaban J connectivity index is 1.87. The smallest absolute Gasteiger partial charge is 0.339 e. The molecule has 0 spiro atoms. The highest BCUT2D eigenvalue weighted by Gasteiger charge is 2.13. The molecule has 2 heterocycles. The second kappa shape index (κ2) is 5.41. The summed E-state index contributed by atoms with van der Waals surface area (Å²) < 4.78 is 6.95. The van der Waals surface area contributed by atoms with Gasteiger partial charge in [0.25, 0.3) is 0 Å². The third-order valence-corrected chi connectivity index (χ3v) is 3.14. The summed E-state index contributed by atoms with van der Waals surface area (Å²) >= 11 is 5.99. The van der Waals surface area contributed by atoms with Crippen molar-refractivity contribution >= 4 is 23.2 Å². The fourth-order valence-corrected chi connectivity index (χ4v) is 2.07. The number of rotatable bonds is 4. The zero-order valence-corrected chi connectivity index (χ0v) is 11.5. The third kappa shape index (κ3) is 2.66. The number of fused-ring (bicyclic) bond motifs is 1. The minimum atomic E-state index is -1.05. The van der Waals surface area contributed by atoms with Crippen molar-refractivity contribution in [1.82, 2.24) is 14.6 Å².